The van der Waals surface area contributed by atoms with Crippen molar-refractivity contribution in [3.63, 3.8) is 0 Å². The molecule has 0 aliphatic heterocycles. The van der Waals surface area contributed by atoms with Crippen molar-refractivity contribution >= 4 is 34.9 Å². The summed E-state index contributed by atoms with van der Waals surface area (Å²) in [5, 5.41) is 0.485. The van der Waals surface area contributed by atoms with Crippen molar-refractivity contribution in [3.8, 4) is 5.75 Å². The minimum Gasteiger partial charge on any atom is -0.490 e. The van der Waals surface area contributed by atoms with Gasteiger partial charge in [0.05, 0.1) is 11.6 Å². The lowest BCUT2D eigenvalue weighted by molar-refractivity contribution is 0.146. The number of nitrogens with zero attached hydrogens (tertiary/aromatic N) is 3. The van der Waals surface area contributed by atoms with E-state index < -0.39 is 0 Å². The number of nitrogens with one attached hydrogen (secondary N) is 1. The number of ether oxygens (including phenoxy) is 2. The molecule has 0 saturated heterocycles. The number of aromatic amines is 1. The summed E-state index contributed by atoms with van der Waals surface area (Å²) in [6.07, 6.45) is 3.55. The summed E-state index contributed by atoms with van der Waals surface area (Å²) in [6, 6.07) is 5.42. The van der Waals surface area contributed by atoms with E-state index in [4.69, 9.17) is 21.1 Å². The first kappa shape index (κ1) is 20.9. The Labute approximate surface area is 172 Å². The highest BCUT2D eigenvalue weighted by Gasteiger charge is 2.14. The van der Waals surface area contributed by atoms with Crippen molar-refractivity contribution in [3.05, 3.63) is 55.4 Å². The van der Waals surface area contributed by atoms with Crippen LogP contribution in [0.25, 0.3) is 23.3 Å². The summed E-state index contributed by atoms with van der Waals surface area (Å²) in [4.78, 5) is 32.4. The lowest BCUT2D eigenvalue weighted by Gasteiger charge is -2.07. The molecule has 2 heterocycles. The lowest BCUT2D eigenvalue weighted by Crippen LogP contribution is -2.39. The van der Waals surface area contributed by atoms with Crippen molar-refractivity contribution in [1.29, 1.82) is 0 Å². The molecule has 0 aliphatic carbocycles. The zero-order valence-corrected chi connectivity index (χ0v) is 17.3. The summed E-state index contributed by atoms with van der Waals surface area (Å²) in [7, 11) is 1.61. The van der Waals surface area contributed by atoms with Crippen molar-refractivity contribution < 1.29 is 9.47 Å². The van der Waals surface area contributed by atoms with Gasteiger partial charge in [0.25, 0.3) is 5.56 Å². The molecule has 0 saturated carbocycles. The van der Waals surface area contributed by atoms with Gasteiger partial charge in [0.15, 0.2) is 5.65 Å². The highest BCUT2D eigenvalue weighted by molar-refractivity contribution is 6.32. The molecule has 0 fully saturated rings. The molecular weight excluding hydrogens is 396 g/mol. The number of halogens is 1. The molecule has 8 nitrogen and oxygen atoms in total. The van der Waals surface area contributed by atoms with E-state index in [2.05, 4.69) is 9.97 Å². The van der Waals surface area contributed by atoms with Crippen LogP contribution in [0.15, 0.2) is 27.8 Å². The second-order valence-corrected chi connectivity index (χ2v) is 6.67. The van der Waals surface area contributed by atoms with Gasteiger partial charge in [-0.1, -0.05) is 23.7 Å². The molecule has 9 heteroatoms. The Balaban J connectivity index is 1.91. The fourth-order valence-electron chi connectivity index (χ4n) is 2.98. The van der Waals surface area contributed by atoms with Gasteiger partial charge in [-0.2, -0.15) is 0 Å². The number of H-pyrrole nitrogens is 1. The number of benzene rings is 1. The van der Waals surface area contributed by atoms with Gasteiger partial charge < -0.3 is 14.5 Å². The fraction of sp³-hybridized carbons (Fsp3) is 0.350. The molecule has 154 valence electrons. The largest absolute Gasteiger partial charge is 0.490 e. The number of fused-ring (bicyclic) bond motifs is 1. The van der Waals surface area contributed by atoms with E-state index in [1.807, 2.05) is 19.1 Å². The van der Waals surface area contributed by atoms with Crippen LogP contribution in [-0.4, -0.2) is 39.4 Å². The van der Waals surface area contributed by atoms with Crippen LogP contribution >= 0.6 is 11.6 Å². The molecule has 0 radical (unpaired) electrons. The highest BCUT2D eigenvalue weighted by Crippen LogP contribution is 2.26. The second kappa shape index (κ2) is 9.11. The van der Waals surface area contributed by atoms with Gasteiger partial charge in [0, 0.05) is 20.2 Å². The van der Waals surface area contributed by atoms with Crippen molar-refractivity contribution in [2.24, 2.45) is 0 Å². The molecular formula is C20H23ClN4O4. The SMILES string of the molecule is CCn1c(=O)c2[nH]c(C=Cc3ccc(OCCOC)c(Cl)c3)nc2n(CC)c1=O. The Bertz CT molecular complexity index is 1160. The van der Waals surface area contributed by atoms with Crippen LogP contribution in [0.3, 0.4) is 0 Å². The van der Waals surface area contributed by atoms with E-state index in [9.17, 15) is 9.59 Å². The molecule has 3 rings (SSSR count). The van der Waals surface area contributed by atoms with Gasteiger partial charge in [-0.05, 0) is 37.6 Å². The lowest BCUT2D eigenvalue weighted by atomic mass is 10.2. The first-order valence-electron chi connectivity index (χ1n) is 9.32. The van der Waals surface area contributed by atoms with Gasteiger partial charge >= 0.3 is 5.69 Å². The monoisotopic (exact) mass is 418 g/mol. The maximum Gasteiger partial charge on any atom is 0.332 e. The van der Waals surface area contributed by atoms with E-state index in [1.54, 1.807) is 32.2 Å². The van der Waals surface area contributed by atoms with Crippen LogP contribution in [-0.2, 0) is 17.8 Å². The molecule has 0 atom stereocenters. The van der Waals surface area contributed by atoms with Crippen molar-refractivity contribution in [1.82, 2.24) is 19.1 Å². The van der Waals surface area contributed by atoms with Crippen LogP contribution in [0, 0.1) is 0 Å². The fourth-order valence-corrected chi connectivity index (χ4v) is 3.22. The summed E-state index contributed by atoms with van der Waals surface area (Å²) in [6.45, 7) is 5.22. The molecule has 0 unspecified atom stereocenters. The molecule has 29 heavy (non-hydrogen) atoms. The Hall–Kier alpha value is -2.84. The zero-order chi connectivity index (χ0) is 21.0. The van der Waals surface area contributed by atoms with Crippen molar-refractivity contribution in [2.45, 2.75) is 26.9 Å². The minimum atomic E-state index is -0.370. The third kappa shape index (κ3) is 4.28. The molecule has 0 bridgehead atoms. The predicted octanol–water partition coefficient (Wildman–Crippen LogP) is 2.78. The molecule has 0 amide bonds. The first-order valence-corrected chi connectivity index (χ1v) is 9.70. The van der Waals surface area contributed by atoms with Crippen LogP contribution in [0.4, 0.5) is 0 Å². The number of hydrogen-bond donors (Lipinski definition) is 1. The van der Waals surface area contributed by atoms with E-state index in [1.165, 1.54) is 9.13 Å². The molecule has 1 N–H and O–H groups in total. The Kier molecular flexibility index (Phi) is 6.56. The topological polar surface area (TPSA) is 91.1 Å². The average molecular weight is 419 g/mol. The zero-order valence-electron chi connectivity index (χ0n) is 16.6. The Morgan fingerprint density at radius 1 is 1.14 bits per heavy atom. The molecule has 2 aromatic heterocycles. The van der Waals surface area contributed by atoms with Gasteiger partial charge in [-0.15, -0.1) is 0 Å². The van der Waals surface area contributed by atoms with Crippen LogP contribution in [0.1, 0.15) is 25.2 Å². The standard InChI is InChI=1S/C20H23ClN4O4/c1-4-24-18-17(19(26)25(5-2)20(24)27)22-16(23-18)9-7-13-6-8-15(14(21)12-13)29-11-10-28-3/h6-9,12H,4-5,10-11H2,1-3H3,(H,22,23). The van der Waals surface area contributed by atoms with E-state index in [-0.39, 0.29) is 11.2 Å². The van der Waals surface area contributed by atoms with Crippen molar-refractivity contribution in [2.75, 3.05) is 20.3 Å². The number of aromatic nitrogens is 4. The average Bonchev–Trinajstić information content (AvgIpc) is 3.13. The second-order valence-electron chi connectivity index (χ2n) is 6.26. The smallest absolute Gasteiger partial charge is 0.332 e. The number of hydrogen-bond acceptors (Lipinski definition) is 5. The third-order valence-electron chi connectivity index (χ3n) is 4.45. The normalized spacial score (nSPS) is 11.6. The van der Waals surface area contributed by atoms with Gasteiger partial charge in [-0.3, -0.25) is 13.9 Å². The van der Waals surface area contributed by atoms with E-state index in [0.29, 0.717) is 54.1 Å². The maximum atomic E-state index is 12.5. The third-order valence-corrected chi connectivity index (χ3v) is 4.74. The van der Waals surface area contributed by atoms with Gasteiger partial charge in [-0.25, -0.2) is 9.78 Å². The van der Waals surface area contributed by atoms with Crippen LogP contribution in [0.2, 0.25) is 5.02 Å². The summed E-state index contributed by atoms with van der Waals surface area (Å²) >= 11 is 6.26. The van der Waals surface area contributed by atoms with Crippen LogP contribution in [0.5, 0.6) is 5.75 Å². The number of methoxy groups -OCH3 is 1. The van der Waals surface area contributed by atoms with Gasteiger partial charge in [0.2, 0.25) is 0 Å². The quantitative estimate of drug-likeness (QED) is 0.568. The predicted molar refractivity (Wildman–Crippen MR) is 114 cm³/mol. The number of imidazole rings is 1. The molecule has 0 spiro atoms. The van der Waals surface area contributed by atoms with E-state index in [0.717, 1.165) is 5.56 Å². The Morgan fingerprint density at radius 3 is 2.55 bits per heavy atom. The van der Waals surface area contributed by atoms with Crippen LogP contribution < -0.4 is 16.0 Å². The maximum absolute atomic E-state index is 12.5. The summed E-state index contributed by atoms with van der Waals surface area (Å²) < 4.78 is 13.2. The van der Waals surface area contributed by atoms with E-state index >= 15 is 0 Å². The molecule has 0 aliphatic rings. The minimum absolute atomic E-state index is 0.301. The number of rotatable bonds is 8. The highest BCUT2D eigenvalue weighted by atomic mass is 35.5. The summed E-state index contributed by atoms with van der Waals surface area (Å²) in [5.41, 5.74) is 0.781. The summed E-state index contributed by atoms with van der Waals surface area (Å²) in [5.74, 6) is 1.06. The number of aryl methyl sites for hydroxylation is 1. The molecule has 3 aromatic rings. The molecule has 1 aromatic carbocycles. The van der Waals surface area contributed by atoms with Gasteiger partial charge in [0.1, 0.15) is 23.7 Å². The Morgan fingerprint density at radius 2 is 1.90 bits per heavy atom. The first-order chi connectivity index (χ1) is 14.0.